The fraction of sp³-hybridized carbons (Fsp3) is 0.364. The second-order valence-corrected chi connectivity index (χ2v) is 4.27. The Morgan fingerprint density at radius 2 is 2.25 bits per heavy atom. The van der Waals surface area contributed by atoms with E-state index in [0.717, 1.165) is 23.1 Å². The van der Waals surface area contributed by atoms with Crippen LogP contribution in [0.2, 0.25) is 0 Å². The van der Waals surface area contributed by atoms with Gasteiger partial charge in [0, 0.05) is 10.9 Å². The van der Waals surface area contributed by atoms with Crippen molar-refractivity contribution in [1.29, 1.82) is 0 Å². The molecule has 0 saturated carbocycles. The summed E-state index contributed by atoms with van der Waals surface area (Å²) < 4.78 is 6.53. The predicted octanol–water partition coefficient (Wildman–Crippen LogP) is 2.74. The molecule has 0 saturated heterocycles. The topological polar surface area (TPSA) is 67.8 Å². The molecule has 0 aliphatic heterocycles. The van der Waals surface area contributed by atoms with Gasteiger partial charge in [0.05, 0.1) is 6.61 Å². The number of benzene rings is 1. The summed E-state index contributed by atoms with van der Waals surface area (Å²) in [6, 6.07) is 7.71. The van der Waals surface area contributed by atoms with Crippen LogP contribution in [0.3, 0.4) is 0 Å². The second-order valence-electron chi connectivity index (χ2n) is 3.35. The first kappa shape index (κ1) is 12.8. The maximum atomic E-state index is 8.33. The monoisotopic (exact) mass is 286 g/mol. The number of hydrogen-bond donors (Lipinski definition) is 2. The Labute approximate surface area is 103 Å². The molecule has 0 spiro atoms. The van der Waals surface area contributed by atoms with Crippen LogP contribution in [0.4, 0.5) is 0 Å². The molecule has 0 bridgehead atoms. The summed E-state index contributed by atoms with van der Waals surface area (Å²) >= 11 is 3.37. The van der Waals surface area contributed by atoms with E-state index >= 15 is 0 Å². The first-order valence-corrected chi connectivity index (χ1v) is 5.86. The fourth-order valence-corrected chi connectivity index (χ4v) is 1.58. The summed E-state index contributed by atoms with van der Waals surface area (Å²) in [6.07, 6.45) is 2.32. The minimum Gasteiger partial charge on any atom is -0.494 e. The summed E-state index contributed by atoms with van der Waals surface area (Å²) in [5.41, 5.74) is 5.34. The normalized spacial score (nSPS) is 11.4. The number of nitrogens with zero attached hydrogens (tertiary/aromatic N) is 1. The summed E-state index contributed by atoms with van der Waals surface area (Å²) in [4.78, 5) is 0. The van der Waals surface area contributed by atoms with E-state index in [-0.39, 0.29) is 5.84 Å². The zero-order chi connectivity index (χ0) is 11.8. The number of nitrogens with two attached hydrogens (primary N) is 1. The van der Waals surface area contributed by atoms with E-state index in [4.69, 9.17) is 15.7 Å². The van der Waals surface area contributed by atoms with Gasteiger partial charge >= 0.3 is 0 Å². The molecule has 0 radical (unpaired) electrons. The lowest BCUT2D eigenvalue weighted by atomic mass is 10.2. The van der Waals surface area contributed by atoms with Gasteiger partial charge in [0.15, 0.2) is 0 Å². The van der Waals surface area contributed by atoms with Crippen molar-refractivity contribution in [1.82, 2.24) is 0 Å². The van der Waals surface area contributed by atoms with Crippen molar-refractivity contribution in [2.24, 2.45) is 10.9 Å². The number of ether oxygens (including phenoxy) is 1. The Balaban J connectivity index is 2.16. The third-order valence-corrected chi connectivity index (χ3v) is 2.51. The van der Waals surface area contributed by atoms with E-state index in [1.807, 2.05) is 24.3 Å². The summed E-state index contributed by atoms with van der Waals surface area (Å²) in [5.74, 6) is 1.11. The molecule has 16 heavy (non-hydrogen) atoms. The second kappa shape index (κ2) is 7.11. The molecule has 5 heteroatoms. The van der Waals surface area contributed by atoms with Crippen LogP contribution in [0.25, 0.3) is 0 Å². The van der Waals surface area contributed by atoms with Crippen molar-refractivity contribution in [3.8, 4) is 5.75 Å². The first-order valence-electron chi connectivity index (χ1n) is 5.07. The van der Waals surface area contributed by atoms with Gasteiger partial charge in [-0.3, -0.25) is 0 Å². The van der Waals surface area contributed by atoms with E-state index in [2.05, 4.69) is 21.1 Å². The standard InChI is InChI=1S/C11H15BrN2O2/c12-9-4-3-5-10(8-9)16-7-2-1-6-11(13)14-15/h3-5,8,15H,1-2,6-7H2,(H2,13,14). The summed E-state index contributed by atoms with van der Waals surface area (Å²) in [7, 11) is 0. The molecular weight excluding hydrogens is 272 g/mol. The zero-order valence-electron chi connectivity index (χ0n) is 8.90. The molecule has 0 amide bonds. The number of oxime groups is 1. The van der Waals surface area contributed by atoms with Crippen LogP contribution in [0.5, 0.6) is 5.75 Å². The Bertz CT molecular complexity index is 356. The van der Waals surface area contributed by atoms with Gasteiger partial charge in [0.2, 0.25) is 0 Å². The van der Waals surface area contributed by atoms with Gasteiger partial charge in [0.1, 0.15) is 11.6 Å². The van der Waals surface area contributed by atoms with Crippen molar-refractivity contribution >= 4 is 21.8 Å². The number of hydrogen-bond acceptors (Lipinski definition) is 3. The molecule has 1 aromatic carbocycles. The minimum absolute atomic E-state index is 0.266. The van der Waals surface area contributed by atoms with Crippen molar-refractivity contribution in [2.75, 3.05) is 6.61 Å². The highest BCUT2D eigenvalue weighted by molar-refractivity contribution is 9.10. The van der Waals surface area contributed by atoms with E-state index in [0.29, 0.717) is 13.0 Å². The number of halogens is 1. The number of rotatable bonds is 6. The van der Waals surface area contributed by atoms with Gasteiger partial charge in [-0.1, -0.05) is 27.2 Å². The Morgan fingerprint density at radius 3 is 2.94 bits per heavy atom. The lowest BCUT2D eigenvalue weighted by Gasteiger charge is -2.05. The van der Waals surface area contributed by atoms with Crippen LogP contribution >= 0.6 is 15.9 Å². The molecule has 0 aromatic heterocycles. The molecule has 88 valence electrons. The molecule has 0 aliphatic carbocycles. The van der Waals surface area contributed by atoms with Crippen molar-refractivity contribution in [2.45, 2.75) is 19.3 Å². The summed E-state index contributed by atoms with van der Waals surface area (Å²) in [6.45, 7) is 0.634. The quantitative estimate of drug-likeness (QED) is 0.278. The maximum absolute atomic E-state index is 8.33. The molecule has 0 heterocycles. The molecule has 0 aliphatic rings. The Kier molecular flexibility index (Phi) is 5.71. The molecule has 1 rings (SSSR count). The average molecular weight is 287 g/mol. The molecule has 0 atom stereocenters. The third kappa shape index (κ3) is 5.02. The van der Waals surface area contributed by atoms with Gasteiger partial charge in [-0.2, -0.15) is 0 Å². The molecular formula is C11H15BrN2O2. The molecule has 0 fully saturated rings. The van der Waals surface area contributed by atoms with Gasteiger partial charge in [-0.15, -0.1) is 0 Å². The van der Waals surface area contributed by atoms with Crippen LogP contribution in [0.1, 0.15) is 19.3 Å². The highest BCUT2D eigenvalue weighted by Crippen LogP contribution is 2.17. The predicted molar refractivity (Wildman–Crippen MR) is 66.9 cm³/mol. The van der Waals surface area contributed by atoms with E-state index < -0.39 is 0 Å². The Hall–Kier alpha value is -1.23. The van der Waals surface area contributed by atoms with Gasteiger partial charge in [0.25, 0.3) is 0 Å². The molecule has 4 nitrogen and oxygen atoms in total. The SMILES string of the molecule is NC(CCCCOc1cccc(Br)c1)=NO. The maximum Gasteiger partial charge on any atom is 0.139 e. The fourth-order valence-electron chi connectivity index (χ4n) is 1.20. The van der Waals surface area contributed by atoms with Crippen LogP contribution in [0, 0.1) is 0 Å². The third-order valence-electron chi connectivity index (χ3n) is 2.02. The largest absolute Gasteiger partial charge is 0.494 e. The lowest BCUT2D eigenvalue weighted by molar-refractivity contribution is 0.304. The van der Waals surface area contributed by atoms with Crippen LogP contribution in [-0.4, -0.2) is 17.6 Å². The van der Waals surface area contributed by atoms with Crippen LogP contribution < -0.4 is 10.5 Å². The Morgan fingerprint density at radius 1 is 1.44 bits per heavy atom. The van der Waals surface area contributed by atoms with E-state index in [1.54, 1.807) is 0 Å². The molecule has 3 N–H and O–H groups in total. The lowest BCUT2D eigenvalue weighted by Crippen LogP contribution is -2.11. The molecule has 1 aromatic rings. The number of unbranched alkanes of at least 4 members (excludes halogenated alkanes) is 1. The van der Waals surface area contributed by atoms with Crippen LogP contribution in [-0.2, 0) is 0 Å². The minimum atomic E-state index is 0.266. The van der Waals surface area contributed by atoms with E-state index in [9.17, 15) is 0 Å². The van der Waals surface area contributed by atoms with Gasteiger partial charge < -0.3 is 15.7 Å². The van der Waals surface area contributed by atoms with E-state index in [1.165, 1.54) is 0 Å². The average Bonchev–Trinajstić information content (AvgIpc) is 2.28. The van der Waals surface area contributed by atoms with Gasteiger partial charge in [-0.25, -0.2) is 0 Å². The highest BCUT2D eigenvalue weighted by atomic mass is 79.9. The van der Waals surface area contributed by atoms with Crippen molar-refractivity contribution < 1.29 is 9.94 Å². The number of amidine groups is 1. The summed E-state index contributed by atoms with van der Waals surface area (Å²) in [5, 5.41) is 11.2. The van der Waals surface area contributed by atoms with Crippen molar-refractivity contribution in [3.63, 3.8) is 0 Å². The highest BCUT2D eigenvalue weighted by Gasteiger charge is 1.96. The zero-order valence-corrected chi connectivity index (χ0v) is 10.5. The van der Waals surface area contributed by atoms with Gasteiger partial charge in [-0.05, 0) is 31.0 Å². The first-order chi connectivity index (χ1) is 7.72. The molecule has 0 unspecified atom stereocenters. The van der Waals surface area contributed by atoms with Crippen molar-refractivity contribution in [3.05, 3.63) is 28.7 Å². The smallest absolute Gasteiger partial charge is 0.139 e. The van der Waals surface area contributed by atoms with Crippen LogP contribution in [0.15, 0.2) is 33.9 Å².